The third-order valence-electron chi connectivity index (χ3n) is 2.72. The van der Waals surface area contributed by atoms with Gasteiger partial charge in [-0.25, -0.2) is 0 Å². The van der Waals surface area contributed by atoms with Gasteiger partial charge >= 0.3 is 12.0 Å². The minimum Gasteiger partial charge on any atom is -0.467 e. The summed E-state index contributed by atoms with van der Waals surface area (Å²) >= 11 is 0. The molecular formula is C14H18N4O2. The van der Waals surface area contributed by atoms with Gasteiger partial charge in [-0.05, 0) is 23.1 Å². The average Bonchev–Trinajstić information content (AvgIpc) is 2.37. The Balaban J connectivity index is 2.20. The van der Waals surface area contributed by atoms with Crippen molar-refractivity contribution < 1.29 is 9.47 Å². The van der Waals surface area contributed by atoms with E-state index in [1.54, 1.807) is 0 Å². The lowest BCUT2D eigenvalue weighted by molar-refractivity contribution is 0.360. The molecule has 1 heterocycles. The lowest BCUT2D eigenvalue weighted by Gasteiger charge is -2.18. The van der Waals surface area contributed by atoms with E-state index in [9.17, 15) is 0 Å². The van der Waals surface area contributed by atoms with Gasteiger partial charge in [-0.2, -0.15) is 9.97 Å². The van der Waals surface area contributed by atoms with Crippen molar-refractivity contribution in [2.24, 2.45) is 0 Å². The van der Waals surface area contributed by atoms with Gasteiger partial charge < -0.3 is 15.2 Å². The maximum atomic E-state index is 5.55. The lowest BCUT2D eigenvalue weighted by Crippen LogP contribution is -2.10. The summed E-state index contributed by atoms with van der Waals surface area (Å²) in [5.41, 5.74) is 6.86. The second kappa shape index (κ2) is 5.32. The molecule has 0 fully saturated rings. The summed E-state index contributed by atoms with van der Waals surface area (Å²) in [6, 6.07) is 7.99. The summed E-state index contributed by atoms with van der Waals surface area (Å²) in [7, 11) is 1.46. The first-order chi connectivity index (χ1) is 9.38. The molecule has 0 radical (unpaired) electrons. The van der Waals surface area contributed by atoms with E-state index >= 15 is 0 Å². The average molecular weight is 274 g/mol. The number of nitrogens with two attached hydrogens (primary N) is 1. The molecule has 1 aromatic carbocycles. The highest BCUT2D eigenvalue weighted by Crippen LogP contribution is 2.26. The maximum absolute atomic E-state index is 5.55. The zero-order valence-corrected chi connectivity index (χ0v) is 12.0. The number of hydrogen-bond acceptors (Lipinski definition) is 6. The van der Waals surface area contributed by atoms with Crippen LogP contribution in [0.4, 0.5) is 5.95 Å². The van der Waals surface area contributed by atoms with Crippen molar-refractivity contribution in [1.29, 1.82) is 0 Å². The Kier molecular flexibility index (Phi) is 3.74. The van der Waals surface area contributed by atoms with Crippen LogP contribution in [-0.2, 0) is 5.41 Å². The van der Waals surface area contributed by atoms with Crippen LogP contribution >= 0.6 is 0 Å². The van der Waals surface area contributed by atoms with Crippen LogP contribution in [0.15, 0.2) is 24.3 Å². The van der Waals surface area contributed by atoms with Crippen LogP contribution in [0.1, 0.15) is 26.3 Å². The Bertz CT molecular complexity index is 591. The number of rotatable bonds is 3. The third kappa shape index (κ3) is 3.34. The molecule has 0 aliphatic rings. The number of ether oxygens (including phenoxy) is 2. The highest BCUT2D eigenvalue weighted by atomic mass is 16.5. The van der Waals surface area contributed by atoms with Crippen molar-refractivity contribution >= 4 is 5.95 Å². The topological polar surface area (TPSA) is 83.2 Å². The predicted molar refractivity (Wildman–Crippen MR) is 76.0 cm³/mol. The Morgan fingerprint density at radius 3 is 2.10 bits per heavy atom. The summed E-state index contributed by atoms with van der Waals surface area (Å²) in [6.45, 7) is 6.46. The van der Waals surface area contributed by atoms with Crippen molar-refractivity contribution in [2.75, 3.05) is 12.8 Å². The number of aromatic nitrogens is 3. The molecule has 106 valence electrons. The van der Waals surface area contributed by atoms with Crippen LogP contribution in [0.25, 0.3) is 0 Å². The number of hydrogen-bond donors (Lipinski definition) is 1. The number of nitrogens with zero attached hydrogens (tertiary/aromatic N) is 3. The van der Waals surface area contributed by atoms with Crippen LogP contribution in [0, 0.1) is 0 Å². The Morgan fingerprint density at radius 1 is 0.950 bits per heavy atom. The van der Waals surface area contributed by atoms with E-state index in [2.05, 4.69) is 35.7 Å². The van der Waals surface area contributed by atoms with E-state index in [4.69, 9.17) is 15.2 Å². The van der Waals surface area contributed by atoms with Gasteiger partial charge in [0.05, 0.1) is 7.11 Å². The molecule has 0 atom stereocenters. The minimum atomic E-state index is 0.0539. The van der Waals surface area contributed by atoms with E-state index in [0.29, 0.717) is 5.75 Å². The number of methoxy groups -OCH3 is 1. The van der Waals surface area contributed by atoms with Crippen LogP contribution in [0.3, 0.4) is 0 Å². The van der Waals surface area contributed by atoms with Crippen molar-refractivity contribution in [3.63, 3.8) is 0 Å². The quantitative estimate of drug-likeness (QED) is 0.926. The van der Waals surface area contributed by atoms with Crippen LogP contribution in [0.2, 0.25) is 0 Å². The summed E-state index contributed by atoms with van der Waals surface area (Å²) in [4.78, 5) is 11.7. The largest absolute Gasteiger partial charge is 0.467 e. The molecule has 0 spiro atoms. The lowest BCUT2D eigenvalue weighted by atomic mass is 9.87. The number of nitrogen functional groups attached to an aromatic ring is 1. The summed E-state index contributed by atoms with van der Waals surface area (Å²) in [5, 5.41) is 0. The molecule has 6 heteroatoms. The zero-order chi connectivity index (χ0) is 14.8. The van der Waals surface area contributed by atoms with Gasteiger partial charge in [0.2, 0.25) is 5.95 Å². The molecule has 2 aromatic rings. The van der Waals surface area contributed by atoms with Crippen molar-refractivity contribution in [3.8, 4) is 17.8 Å². The van der Waals surface area contributed by atoms with Crippen molar-refractivity contribution in [1.82, 2.24) is 15.0 Å². The second-order valence-corrected chi connectivity index (χ2v) is 5.34. The number of benzene rings is 1. The van der Waals surface area contributed by atoms with Gasteiger partial charge in [0.1, 0.15) is 5.75 Å². The maximum Gasteiger partial charge on any atom is 0.330 e. The molecule has 0 unspecified atom stereocenters. The molecule has 0 aliphatic heterocycles. The molecule has 2 rings (SSSR count). The van der Waals surface area contributed by atoms with Crippen LogP contribution < -0.4 is 15.2 Å². The molecule has 20 heavy (non-hydrogen) atoms. The fraction of sp³-hybridized carbons (Fsp3) is 0.357. The predicted octanol–water partition coefficient (Wildman–Crippen LogP) is 2.55. The van der Waals surface area contributed by atoms with E-state index in [1.807, 2.05) is 24.3 Å². The first-order valence-electron chi connectivity index (χ1n) is 6.22. The smallest absolute Gasteiger partial charge is 0.330 e. The summed E-state index contributed by atoms with van der Waals surface area (Å²) in [6.07, 6.45) is 0. The molecule has 0 saturated carbocycles. The van der Waals surface area contributed by atoms with Gasteiger partial charge in [0, 0.05) is 0 Å². The van der Waals surface area contributed by atoms with Gasteiger partial charge in [-0.15, -0.1) is 4.98 Å². The highest BCUT2D eigenvalue weighted by molar-refractivity contribution is 5.33. The number of anilines is 1. The highest BCUT2D eigenvalue weighted by Gasteiger charge is 2.13. The Morgan fingerprint density at radius 2 is 1.55 bits per heavy atom. The Hall–Kier alpha value is -2.37. The molecule has 0 bridgehead atoms. The zero-order valence-electron chi connectivity index (χ0n) is 12.0. The summed E-state index contributed by atoms with van der Waals surface area (Å²) < 4.78 is 10.5. The van der Waals surface area contributed by atoms with Gasteiger partial charge in [0.15, 0.2) is 0 Å². The first kappa shape index (κ1) is 14.0. The molecule has 0 amide bonds. The fourth-order valence-electron chi connectivity index (χ4n) is 1.62. The Labute approximate surface area is 118 Å². The summed E-state index contributed by atoms with van der Waals surface area (Å²) in [5.74, 6) is 0.684. The fourth-order valence-corrected chi connectivity index (χ4v) is 1.62. The van der Waals surface area contributed by atoms with Crippen LogP contribution in [0.5, 0.6) is 17.8 Å². The minimum absolute atomic E-state index is 0.0539. The van der Waals surface area contributed by atoms with E-state index in [1.165, 1.54) is 12.7 Å². The SMILES string of the molecule is COc1nc(N)nc(Oc2ccc(C(C)(C)C)cc2)n1. The first-order valence-corrected chi connectivity index (χ1v) is 6.22. The van der Waals surface area contributed by atoms with Gasteiger partial charge in [-0.3, -0.25) is 0 Å². The molecule has 1 aromatic heterocycles. The van der Waals surface area contributed by atoms with Gasteiger partial charge in [0.25, 0.3) is 0 Å². The molecule has 2 N–H and O–H groups in total. The van der Waals surface area contributed by atoms with E-state index < -0.39 is 0 Å². The second-order valence-electron chi connectivity index (χ2n) is 5.34. The molecular weight excluding hydrogens is 256 g/mol. The molecule has 0 saturated heterocycles. The monoisotopic (exact) mass is 274 g/mol. The van der Waals surface area contributed by atoms with E-state index in [-0.39, 0.29) is 23.4 Å². The van der Waals surface area contributed by atoms with E-state index in [0.717, 1.165) is 0 Å². The van der Waals surface area contributed by atoms with Crippen molar-refractivity contribution in [2.45, 2.75) is 26.2 Å². The standard InChI is InChI=1S/C14H18N4O2/c1-14(2,3)9-5-7-10(8-6-9)20-13-17-11(15)16-12(18-13)19-4/h5-8H,1-4H3,(H2,15,16,17,18). The van der Waals surface area contributed by atoms with Crippen LogP contribution in [-0.4, -0.2) is 22.1 Å². The third-order valence-corrected chi connectivity index (χ3v) is 2.72. The molecule has 6 nitrogen and oxygen atoms in total. The molecule has 0 aliphatic carbocycles. The van der Waals surface area contributed by atoms with Crippen molar-refractivity contribution in [3.05, 3.63) is 29.8 Å². The van der Waals surface area contributed by atoms with Gasteiger partial charge in [-0.1, -0.05) is 32.9 Å². The normalized spacial score (nSPS) is 11.2.